The Morgan fingerprint density at radius 1 is 0.468 bits per heavy atom. The Balaban J connectivity index is 1.17. The molecule has 1 fully saturated rings. The average Bonchev–Trinajstić information content (AvgIpc) is 3.59. The smallest absolute Gasteiger partial charge is 0.333 e. The summed E-state index contributed by atoms with van der Waals surface area (Å²) in [4.78, 5) is 8.40. The topological polar surface area (TPSA) is 9.72 Å². The number of anilines is 7. The predicted octanol–water partition coefficient (Wildman–Crippen LogP) is 19.1. The van der Waals surface area contributed by atoms with Crippen LogP contribution in [0.3, 0.4) is 0 Å². The molecule has 0 N–H and O–H groups in total. The Hall–Kier alpha value is -6.78. The van der Waals surface area contributed by atoms with Gasteiger partial charge in [-0.1, -0.05) is 185 Å². The van der Waals surface area contributed by atoms with Crippen molar-refractivity contribution in [1.82, 2.24) is 0 Å². The minimum Gasteiger partial charge on any atom is -0.376 e. The zero-order valence-corrected chi connectivity index (χ0v) is 48.9. The maximum absolute atomic E-state index is 2.96. The fraction of sp³-hybridized carbons (Fsp3) is 0.360. The lowest BCUT2D eigenvalue weighted by Gasteiger charge is -2.53. The molecule has 0 spiro atoms. The van der Waals surface area contributed by atoms with Gasteiger partial charge in [-0.25, -0.2) is 0 Å². The SMILES string of the molecule is CCCCc1ccc(N2B3c4cc(CCCC)cc5c4N(c4cc(N(c6ccccc6)c6ccccc6)cc(c43)-c3c2ccc2c3-c3cc4c(cc3C2(C)C)C(C)(C)CCC4(C)C)C2(C)CCCCC52C)c(-c2ccccc2)c1. The molecule has 1 saturated carbocycles. The molecule has 3 aliphatic heterocycles. The molecule has 8 aromatic rings. The Bertz CT molecular complexity index is 3700. The molecular weight excluding hydrogens is 954 g/mol. The highest BCUT2D eigenvalue weighted by atomic mass is 15.3. The highest BCUT2D eigenvalue weighted by Gasteiger charge is 2.62. The van der Waals surface area contributed by atoms with Crippen molar-refractivity contribution in [3.8, 4) is 33.4 Å². The van der Waals surface area contributed by atoms with Crippen molar-refractivity contribution in [2.45, 2.75) is 173 Å². The first-order chi connectivity index (χ1) is 38.1. The van der Waals surface area contributed by atoms with Crippen molar-refractivity contribution in [1.29, 1.82) is 0 Å². The highest BCUT2D eigenvalue weighted by Crippen LogP contribution is 2.65. The second-order valence-corrected chi connectivity index (χ2v) is 27.1. The third kappa shape index (κ3) is 7.30. The van der Waals surface area contributed by atoms with Crippen molar-refractivity contribution >= 4 is 57.6 Å². The quantitative estimate of drug-likeness (QED) is 0.120. The first-order valence-electron chi connectivity index (χ1n) is 30.5. The lowest BCUT2D eigenvalue weighted by Crippen LogP contribution is -2.64. The van der Waals surface area contributed by atoms with Gasteiger partial charge in [-0.15, -0.1) is 0 Å². The van der Waals surface area contributed by atoms with Crippen LogP contribution in [0.2, 0.25) is 0 Å². The molecule has 0 saturated heterocycles. The van der Waals surface area contributed by atoms with Gasteiger partial charge in [0.15, 0.2) is 0 Å². The summed E-state index contributed by atoms with van der Waals surface area (Å²) in [7, 11) is 0. The molecule has 398 valence electrons. The fourth-order valence-corrected chi connectivity index (χ4v) is 16.4. The predicted molar refractivity (Wildman–Crippen MR) is 338 cm³/mol. The summed E-state index contributed by atoms with van der Waals surface area (Å²) in [5.41, 5.74) is 30.3. The van der Waals surface area contributed by atoms with Crippen LogP contribution >= 0.6 is 0 Å². The molecule has 0 bridgehead atoms. The third-order valence-electron chi connectivity index (χ3n) is 21.1. The molecule has 3 aliphatic carbocycles. The first-order valence-corrected chi connectivity index (χ1v) is 30.5. The van der Waals surface area contributed by atoms with E-state index >= 15 is 0 Å². The molecule has 4 heteroatoms. The van der Waals surface area contributed by atoms with E-state index < -0.39 is 0 Å². The zero-order chi connectivity index (χ0) is 54.4. The van der Waals surface area contributed by atoms with Crippen LogP contribution in [0.15, 0.2) is 158 Å². The minimum atomic E-state index is -0.218. The summed E-state index contributed by atoms with van der Waals surface area (Å²) in [6, 6.07) is 62.5. The van der Waals surface area contributed by atoms with Crippen molar-refractivity contribution in [2.24, 2.45) is 0 Å². The van der Waals surface area contributed by atoms with Crippen molar-refractivity contribution in [3.05, 3.63) is 197 Å². The summed E-state index contributed by atoms with van der Waals surface area (Å²) in [5, 5.41) is 0. The number of benzene rings is 8. The van der Waals surface area contributed by atoms with E-state index in [4.69, 9.17) is 0 Å². The Kier molecular flexibility index (Phi) is 11.6. The summed E-state index contributed by atoms with van der Waals surface area (Å²) >= 11 is 0. The zero-order valence-electron chi connectivity index (χ0n) is 48.9. The van der Waals surface area contributed by atoms with Gasteiger partial charge >= 0.3 is 6.85 Å². The Labute approximate surface area is 473 Å². The van der Waals surface area contributed by atoms with Crippen LogP contribution in [-0.2, 0) is 34.5 Å². The number of para-hydroxylation sites is 2. The first kappa shape index (κ1) is 50.4. The second-order valence-electron chi connectivity index (χ2n) is 27.1. The van der Waals surface area contributed by atoms with Gasteiger partial charge in [-0.3, -0.25) is 0 Å². The largest absolute Gasteiger partial charge is 0.376 e. The summed E-state index contributed by atoms with van der Waals surface area (Å²) in [6.45, 7) is 25.0. The van der Waals surface area contributed by atoms with Crippen LogP contribution in [0.5, 0.6) is 0 Å². The van der Waals surface area contributed by atoms with E-state index in [0.717, 1.165) is 19.3 Å². The van der Waals surface area contributed by atoms with E-state index in [1.807, 2.05) is 0 Å². The van der Waals surface area contributed by atoms with Crippen molar-refractivity contribution in [3.63, 3.8) is 0 Å². The van der Waals surface area contributed by atoms with E-state index in [-0.39, 0.29) is 34.0 Å². The molecule has 3 heterocycles. The van der Waals surface area contributed by atoms with Crippen LogP contribution in [0.25, 0.3) is 33.4 Å². The molecule has 79 heavy (non-hydrogen) atoms. The number of aryl methyl sites for hydroxylation is 2. The van der Waals surface area contributed by atoms with Crippen molar-refractivity contribution < 1.29 is 0 Å². The molecule has 14 rings (SSSR count). The molecule has 2 unspecified atom stereocenters. The van der Waals surface area contributed by atoms with Gasteiger partial charge in [0.2, 0.25) is 0 Å². The van der Waals surface area contributed by atoms with Crippen LogP contribution in [0, 0.1) is 0 Å². The van der Waals surface area contributed by atoms with Crippen LogP contribution in [-0.4, -0.2) is 12.4 Å². The van der Waals surface area contributed by atoms with Gasteiger partial charge in [0.1, 0.15) is 0 Å². The van der Waals surface area contributed by atoms with Crippen LogP contribution in [0.1, 0.15) is 172 Å². The lowest BCUT2D eigenvalue weighted by molar-refractivity contribution is 0.195. The van der Waals surface area contributed by atoms with Gasteiger partial charge in [0, 0.05) is 61.8 Å². The van der Waals surface area contributed by atoms with Gasteiger partial charge < -0.3 is 14.6 Å². The molecule has 2 atom stereocenters. The molecule has 3 nitrogen and oxygen atoms in total. The van der Waals surface area contributed by atoms with E-state index in [2.05, 4.69) is 242 Å². The van der Waals surface area contributed by atoms with Gasteiger partial charge in [-0.05, 0) is 202 Å². The minimum absolute atomic E-state index is 0.0375. The number of nitrogens with zero attached hydrogens (tertiary/aromatic N) is 3. The second kappa shape index (κ2) is 18.1. The van der Waals surface area contributed by atoms with E-state index in [0.29, 0.717) is 0 Å². The maximum atomic E-state index is 2.96. The normalized spacial score (nSPS) is 20.9. The van der Waals surface area contributed by atoms with Gasteiger partial charge in [0.05, 0.1) is 5.54 Å². The highest BCUT2D eigenvalue weighted by molar-refractivity contribution is 6.94. The van der Waals surface area contributed by atoms with Gasteiger partial charge in [-0.2, -0.15) is 0 Å². The maximum Gasteiger partial charge on any atom is 0.333 e. The van der Waals surface area contributed by atoms with E-state index in [1.165, 1.54) is 170 Å². The molecule has 0 aromatic heterocycles. The molecule has 8 aromatic carbocycles. The lowest BCUT2D eigenvalue weighted by atomic mass is 9.43. The monoisotopic (exact) mass is 1030 g/mol. The van der Waals surface area contributed by atoms with Crippen molar-refractivity contribution in [2.75, 3.05) is 14.6 Å². The summed E-state index contributed by atoms with van der Waals surface area (Å²) in [5.74, 6) is 0. The van der Waals surface area contributed by atoms with Crippen LogP contribution in [0.4, 0.5) is 39.8 Å². The number of unbranched alkanes of at least 4 members (excludes halogenated alkanes) is 2. The Morgan fingerprint density at radius 3 is 1.76 bits per heavy atom. The summed E-state index contributed by atoms with van der Waals surface area (Å²) < 4.78 is 0. The number of hydrogen-bond acceptors (Lipinski definition) is 3. The summed E-state index contributed by atoms with van der Waals surface area (Å²) in [6.07, 6.45) is 14.1. The fourth-order valence-electron chi connectivity index (χ4n) is 16.4. The number of hydrogen-bond donors (Lipinski definition) is 0. The number of rotatable bonds is 11. The Morgan fingerprint density at radius 2 is 1.09 bits per heavy atom. The number of fused-ring (bicyclic) bond motifs is 12. The third-order valence-corrected chi connectivity index (χ3v) is 21.1. The van der Waals surface area contributed by atoms with Gasteiger partial charge in [0.25, 0.3) is 0 Å². The standard InChI is InChI=1S/C75H80BN3/c1-11-13-26-49-34-36-64(55(42-49)51-28-18-15-19-29-51)79-65-37-35-58-67(56-47-60-61(48-59(56)73(58,7)8)72(5,6)41-40-71(60,3)4)68(65)57-45-54(77(52-30-20-16-21-31-52)53-32-22-17-23-33-53)46-66-69(57)76(79)63-44-50(27-14-12-2)43-62-70(63)78(66)75(10)39-25-24-38-74(62,75)9/h15-23,28-37,42-48H,11-14,24-27,38-41H2,1-10H3. The molecule has 0 radical (unpaired) electrons. The van der Waals surface area contributed by atoms with Crippen LogP contribution < -0.4 is 25.5 Å². The van der Waals surface area contributed by atoms with E-state index in [9.17, 15) is 0 Å². The molecule has 0 amide bonds. The molecule has 6 aliphatic rings. The average molecular weight is 1030 g/mol. The van der Waals surface area contributed by atoms with E-state index in [1.54, 1.807) is 11.1 Å². The molecular formula is C75H80BN3.